The molecule has 0 heterocycles. The highest BCUT2D eigenvalue weighted by molar-refractivity contribution is 6.91. The molecule has 2 aromatic carbocycles. The van der Waals surface area contributed by atoms with Crippen LogP contribution in [0.3, 0.4) is 0 Å². The van der Waals surface area contributed by atoms with Crippen LogP contribution in [0.5, 0.6) is 0 Å². The minimum Gasteiger partial charge on any atom is -0.0766 e. The monoisotopic (exact) mass is 264 g/mol. The zero-order chi connectivity index (χ0) is 13.3. The molecular formula is C18H20Si. The van der Waals surface area contributed by atoms with E-state index in [9.17, 15) is 0 Å². The van der Waals surface area contributed by atoms with Crippen molar-refractivity contribution < 1.29 is 0 Å². The molecule has 1 aliphatic rings. The molecule has 96 valence electrons. The third kappa shape index (κ3) is 2.43. The Morgan fingerprint density at radius 1 is 0.895 bits per heavy atom. The van der Waals surface area contributed by atoms with E-state index in [4.69, 9.17) is 0 Å². The first-order chi connectivity index (χ1) is 9.17. The van der Waals surface area contributed by atoms with E-state index in [1.54, 1.807) is 10.8 Å². The molecule has 0 atom stereocenters. The third-order valence-electron chi connectivity index (χ3n) is 4.12. The number of allylic oxidation sites excluding steroid dienone is 2. The van der Waals surface area contributed by atoms with Crippen molar-refractivity contribution in [2.45, 2.75) is 25.6 Å². The molecule has 0 bridgehead atoms. The van der Waals surface area contributed by atoms with E-state index in [0.717, 1.165) is 6.42 Å². The normalized spacial score (nSPS) is 14.1. The molecule has 0 spiro atoms. The van der Waals surface area contributed by atoms with Crippen molar-refractivity contribution in [2.75, 3.05) is 0 Å². The van der Waals surface area contributed by atoms with E-state index in [0.29, 0.717) is 0 Å². The van der Waals surface area contributed by atoms with Crippen molar-refractivity contribution in [1.29, 1.82) is 0 Å². The standard InChI is InChI=1S/C18H20Si/c1-19(2,17-9-4-3-5-10-17)14-16-13-12-15-8-6-7-11-18(15)16/h3-11,13H,12,14H2,1-2H3. The van der Waals surface area contributed by atoms with Gasteiger partial charge in [-0.25, -0.2) is 0 Å². The first-order valence-corrected chi connectivity index (χ1v) is 10.2. The van der Waals surface area contributed by atoms with Gasteiger partial charge in [-0.1, -0.05) is 79.0 Å². The van der Waals surface area contributed by atoms with Crippen LogP contribution in [0.15, 0.2) is 60.7 Å². The Morgan fingerprint density at radius 3 is 2.37 bits per heavy atom. The lowest BCUT2D eigenvalue weighted by Crippen LogP contribution is -2.41. The second-order valence-electron chi connectivity index (χ2n) is 6.02. The highest BCUT2D eigenvalue weighted by atomic mass is 28.3. The van der Waals surface area contributed by atoms with Gasteiger partial charge in [0.15, 0.2) is 0 Å². The van der Waals surface area contributed by atoms with E-state index >= 15 is 0 Å². The van der Waals surface area contributed by atoms with Crippen molar-refractivity contribution in [2.24, 2.45) is 0 Å². The molecule has 0 N–H and O–H groups in total. The molecule has 2 aromatic rings. The van der Waals surface area contributed by atoms with Crippen LogP contribution in [0.4, 0.5) is 0 Å². The van der Waals surface area contributed by atoms with Crippen molar-refractivity contribution in [3.8, 4) is 0 Å². The maximum Gasteiger partial charge on any atom is 0.0849 e. The van der Waals surface area contributed by atoms with Crippen LogP contribution in [0.2, 0.25) is 19.1 Å². The summed E-state index contributed by atoms with van der Waals surface area (Å²) in [6.07, 6.45) is 3.55. The van der Waals surface area contributed by atoms with Gasteiger partial charge in [0.1, 0.15) is 0 Å². The Bertz CT molecular complexity index is 609. The fraction of sp³-hybridized carbons (Fsp3) is 0.222. The second-order valence-corrected chi connectivity index (χ2v) is 10.7. The van der Waals surface area contributed by atoms with E-state index in [1.165, 1.54) is 17.2 Å². The summed E-state index contributed by atoms with van der Waals surface area (Å²) < 4.78 is 0. The predicted molar refractivity (Wildman–Crippen MR) is 86.5 cm³/mol. The van der Waals surface area contributed by atoms with Gasteiger partial charge >= 0.3 is 0 Å². The second kappa shape index (κ2) is 4.82. The van der Waals surface area contributed by atoms with Gasteiger partial charge in [0, 0.05) is 0 Å². The molecule has 0 unspecified atom stereocenters. The van der Waals surface area contributed by atoms with Crippen LogP contribution >= 0.6 is 0 Å². The zero-order valence-electron chi connectivity index (χ0n) is 11.7. The smallest absolute Gasteiger partial charge is 0.0766 e. The van der Waals surface area contributed by atoms with Gasteiger partial charge in [0.2, 0.25) is 0 Å². The van der Waals surface area contributed by atoms with Gasteiger partial charge in [0.25, 0.3) is 0 Å². The molecular weight excluding hydrogens is 244 g/mol. The Kier molecular flexibility index (Phi) is 3.15. The number of hydrogen-bond donors (Lipinski definition) is 0. The molecule has 1 aliphatic carbocycles. The molecule has 0 saturated carbocycles. The average Bonchev–Trinajstić information content (AvgIpc) is 2.83. The predicted octanol–water partition coefficient (Wildman–Crippen LogP) is 4.24. The highest BCUT2D eigenvalue weighted by Gasteiger charge is 2.27. The highest BCUT2D eigenvalue weighted by Crippen LogP contribution is 2.33. The van der Waals surface area contributed by atoms with Crippen molar-refractivity contribution in [1.82, 2.24) is 0 Å². The van der Waals surface area contributed by atoms with Crippen molar-refractivity contribution in [3.05, 3.63) is 71.8 Å². The molecule has 3 rings (SSSR count). The number of fused-ring (bicyclic) bond motifs is 1. The summed E-state index contributed by atoms with van der Waals surface area (Å²) in [6, 6.07) is 21.1. The van der Waals surface area contributed by atoms with Crippen LogP contribution < -0.4 is 5.19 Å². The molecule has 0 aromatic heterocycles. The topological polar surface area (TPSA) is 0 Å². The Hall–Kier alpha value is -1.60. The van der Waals surface area contributed by atoms with Gasteiger partial charge in [-0.15, -0.1) is 0 Å². The van der Waals surface area contributed by atoms with Crippen molar-refractivity contribution >= 4 is 18.8 Å². The maximum atomic E-state index is 2.48. The number of benzene rings is 2. The molecule has 0 aliphatic heterocycles. The summed E-state index contributed by atoms with van der Waals surface area (Å²) in [6.45, 7) is 4.95. The Morgan fingerprint density at radius 2 is 1.58 bits per heavy atom. The Balaban J connectivity index is 1.87. The molecule has 0 amide bonds. The fourth-order valence-corrected chi connectivity index (χ4v) is 5.58. The first kappa shape index (κ1) is 12.4. The van der Waals surface area contributed by atoms with E-state index in [-0.39, 0.29) is 0 Å². The summed E-state index contributed by atoms with van der Waals surface area (Å²) in [7, 11) is -1.38. The van der Waals surface area contributed by atoms with Gasteiger partial charge in [0.05, 0.1) is 8.07 Å². The van der Waals surface area contributed by atoms with Crippen LogP contribution in [0.25, 0.3) is 5.57 Å². The van der Waals surface area contributed by atoms with Gasteiger partial charge in [-0.3, -0.25) is 0 Å². The minimum absolute atomic E-state index is 1.12. The molecule has 0 radical (unpaired) electrons. The van der Waals surface area contributed by atoms with E-state index < -0.39 is 8.07 Å². The van der Waals surface area contributed by atoms with Gasteiger partial charge < -0.3 is 0 Å². The van der Waals surface area contributed by atoms with Gasteiger partial charge in [-0.2, -0.15) is 0 Å². The number of rotatable bonds is 3. The summed E-state index contributed by atoms with van der Waals surface area (Å²) in [5.41, 5.74) is 4.55. The van der Waals surface area contributed by atoms with Crippen molar-refractivity contribution in [3.63, 3.8) is 0 Å². The summed E-state index contributed by atoms with van der Waals surface area (Å²) in [5.74, 6) is 0. The third-order valence-corrected chi connectivity index (χ3v) is 7.28. The summed E-state index contributed by atoms with van der Waals surface area (Å²) in [5, 5.41) is 1.56. The molecule has 0 fully saturated rings. The molecule has 19 heavy (non-hydrogen) atoms. The molecule has 0 nitrogen and oxygen atoms in total. The SMILES string of the molecule is C[Si](C)(CC1=CCc2ccccc21)c1ccccc1. The lowest BCUT2D eigenvalue weighted by molar-refractivity contribution is 1.31. The lowest BCUT2D eigenvalue weighted by atomic mass is 10.1. The quantitative estimate of drug-likeness (QED) is 0.727. The van der Waals surface area contributed by atoms with E-state index in [1.807, 2.05) is 0 Å². The molecule has 0 saturated heterocycles. The fourth-order valence-electron chi connectivity index (χ4n) is 2.99. The maximum absolute atomic E-state index is 2.48. The van der Waals surface area contributed by atoms with Crippen LogP contribution in [-0.4, -0.2) is 8.07 Å². The number of hydrogen-bond acceptors (Lipinski definition) is 0. The summed E-state index contributed by atoms with van der Waals surface area (Å²) >= 11 is 0. The van der Waals surface area contributed by atoms with Crippen LogP contribution in [-0.2, 0) is 6.42 Å². The largest absolute Gasteiger partial charge is 0.0849 e. The Labute approximate surface area is 116 Å². The average molecular weight is 264 g/mol. The van der Waals surface area contributed by atoms with E-state index in [2.05, 4.69) is 73.8 Å². The first-order valence-electron chi connectivity index (χ1n) is 7.00. The molecule has 1 heteroatoms. The zero-order valence-corrected chi connectivity index (χ0v) is 12.7. The van der Waals surface area contributed by atoms with Crippen LogP contribution in [0, 0.1) is 0 Å². The lowest BCUT2D eigenvalue weighted by Gasteiger charge is -2.24. The van der Waals surface area contributed by atoms with Gasteiger partial charge in [-0.05, 0) is 29.2 Å². The minimum atomic E-state index is -1.38. The van der Waals surface area contributed by atoms with Crippen LogP contribution in [0.1, 0.15) is 11.1 Å². The summed E-state index contributed by atoms with van der Waals surface area (Å²) in [4.78, 5) is 0.